The molecule has 1 saturated heterocycles. The van der Waals surface area contributed by atoms with Gasteiger partial charge in [-0.2, -0.15) is 0 Å². The Bertz CT molecular complexity index is 566. The maximum Gasteiger partial charge on any atom is 0.344 e. The van der Waals surface area contributed by atoms with Crippen LogP contribution in [0.2, 0.25) is 0 Å². The summed E-state index contributed by atoms with van der Waals surface area (Å²) in [4.78, 5) is 11.7. The van der Waals surface area contributed by atoms with Crippen LogP contribution in [0.3, 0.4) is 0 Å². The van der Waals surface area contributed by atoms with Crippen molar-refractivity contribution in [3.05, 3.63) is 46.3 Å². The lowest BCUT2D eigenvalue weighted by Gasteiger charge is -2.07. The van der Waals surface area contributed by atoms with Crippen molar-refractivity contribution in [3.63, 3.8) is 0 Å². The van der Waals surface area contributed by atoms with Crippen LogP contribution in [0.4, 0.5) is 0 Å². The van der Waals surface area contributed by atoms with Crippen LogP contribution in [0.15, 0.2) is 39.5 Å². The summed E-state index contributed by atoms with van der Waals surface area (Å²) >= 11 is 0. The molecule has 0 N–H and O–H groups in total. The topological polar surface area (TPSA) is 48.7 Å². The van der Waals surface area contributed by atoms with Crippen LogP contribution in [0, 0.1) is 0 Å². The second-order valence-corrected chi connectivity index (χ2v) is 3.60. The normalized spacial score (nSPS) is 17.0. The standard InChI is InChI=1S/C12H10O4/c13-11-9(12-14-5-6-15-12)7-8-3-1-2-4-10(8)16-11/h1-4,7,12H,5-6H2. The van der Waals surface area contributed by atoms with Crippen LogP contribution < -0.4 is 5.63 Å². The van der Waals surface area contributed by atoms with Gasteiger partial charge in [0.15, 0.2) is 6.29 Å². The third kappa shape index (κ3) is 1.52. The number of para-hydroxylation sites is 1. The van der Waals surface area contributed by atoms with Crippen molar-refractivity contribution in [1.82, 2.24) is 0 Å². The highest BCUT2D eigenvalue weighted by atomic mass is 16.7. The molecule has 0 spiro atoms. The van der Waals surface area contributed by atoms with Crippen molar-refractivity contribution in [3.8, 4) is 0 Å². The second kappa shape index (κ2) is 3.73. The summed E-state index contributed by atoms with van der Waals surface area (Å²) in [5, 5.41) is 0.871. The summed E-state index contributed by atoms with van der Waals surface area (Å²) < 4.78 is 15.8. The van der Waals surface area contributed by atoms with E-state index in [9.17, 15) is 4.79 Å². The summed E-state index contributed by atoms with van der Waals surface area (Å²) in [6.45, 7) is 1.02. The first-order valence-corrected chi connectivity index (χ1v) is 5.10. The SMILES string of the molecule is O=c1oc2ccccc2cc1C1OCCO1. The van der Waals surface area contributed by atoms with Gasteiger partial charge in [0.1, 0.15) is 5.58 Å². The van der Waals surface area contributed by atoms with Crippen molar-refractivity contribution >= 4 is 11.0 Å². The highest BCUT2D eigenvalue weighted by Gasteiger charge is 2.22. The molecule has 1 fully saturated rings. The fraction of sp³-hybridized carbons (Fsp3) is 0.250. The van der Waals surface area contributed by atoms with Gasteiger partial charge in [-0.05, 0) is 12.1 Å². The largest absolute Gasteiger partial charge is 0.422 e. The smallest absolute Gasteiger partial charge is 0.344 e. The number of hydrogen-bond acceptors (Lipinski definition) is 4. The molecule has 0 radical (unpaired) electrons. The van der Waals surface area contributed by atoms with E-state index in [4.69, 9.17) is 13.9 Å². The Kier molecular flexibility index (Phi) is 2.23. The molecule has 1 aliphatic heterocycles. The lowest BCUT2D eigenvalue weighted by Crippen LogP contribution is -2.12. The van der Waals surface area contributed by atoms with E-state index in [1.165, 1.54) is 0 Å². The summed E-state index contributed by atoms with van der Waals surface area (Å²) in [5.41, 5.74) is 0.607. The van der Waals surface area contributed by atoms with E-state index < -0.39 is 11.9 Å². The Morgan fingerprint density at radius 1 is 1.12 bits per heavy atom. The van der Waals surface area contributed by atoms with Crippen molar-refractivity contribution < 1.29 is 13.9 Å². The summed E-state index contributed by atoms with van der Waals surface area (Å²) in [5.74, 6) is 0. The number of rotatable bonds is 1. The first-order valence-electron chi connectivity index (χ1n) is 5.10. The van der Waals surface area contributed by atoms with Crippen molar-refractivity contribution in [1.29, 1.82) is 0 Å². The lowest BCUT2D eigenvalue weighted by molar-refractivity contribution is -0.0461. The minimum Gasteiger partial charge on any atom is -0.422 e. The molecule has 0 amide bonds. The van der Waals surface area contributed by atoms with Crippen molar-refractivity contribution in [2.75, 3.05) is 13.2 Å². The number of ether oxygens (including phenoxy) is 2. The summed E-state index contributed by atoms with van der Waals surface area (Å²) in [7, 11) is 0. The molecule has 2 aromatic rings. The van der Waals surface area contributed by atoms with Crippen LogP contribution in [0.25, 0.3) is 11.0 Å². The van der Waals surface area contributed by atoms with Gasteiger partial charge >= 0.3 is 5.63 Å². The molecule has 1 aromatic heterocycles. The van der Waals surface area contributed by atoms with Crippen LogP contribution in [0.5, 0.6) is 0 Å². The molecule has 82 valence electrons. The molecule has 4 heteroatoms. The van der Waals surface area contributed by atoms with Gasteiger partial charge in [-0.1, -0.05) is 18.2 Å². The Hall–Kier alpha value is -1.65. The molecule has 0 aliphatic carbocycles. The Morgan fingerprint density at radius 3 is 2.69 bits per heavy atom. The molecule has 3 rings (SSSR count). The molecule has 0 saturated carbocycles. The quantitative estimate of drug-likeness (QED) is 0.685. The zero-order valence-electron chi connectivity index (χ0n) is 8.51. The third-order valence-electron chi connectivity index (χ3n) is 2.54. The van der Waals surface area contributed by atoms with Crippen LogP contribution in [-0.2, 0) is 9.47 Å². The molecular weight excluding hydrogens is 208 g/mol. The van der Waals surface area contributed by atoms with E-state index in [1.807, 2.05) is 18.2 Å². The monoisotopic (exact) mass is 218 g/mol. The van der Waals surface area contributed by atoms with Gasteiger partial charge in [-0.3, -0.25) is 0 Å². The molecule has 0 atom stereocenters. The fourth-order valence-corrected chi connectivity index (χ4v) is 1.78. The van der Waals surface area contributed by atoms with Gasteiger partial charge in [-0.25, -0.2) is 4.79 Å². The predicted molar refractivity (Wildman–Crippen MR) is 57.1 cm³/mol. The Morgan fingerprint density at radius 2 is 1.88 bits per heavy atom. The highest BCUT2D eigenvalue weighted by molar-refractivity contribution is 5.76. The highest BCUT2D eigenvalue weighted by Crippen LogP contribution is 2.23. The predicted octanol–water partition coefficient (Wildman–Crippen LogP) is 1.84. The zero-order chi connectivity index (χ0) is 11.0. The Labute approximate surface area is 91.4 Å². The molecule has 2 heterocycles. The van der Waals surface area contributed by atoms with E-state index in [0.29, 0.717) is 24.4 Å². The van der Waals surface area contributed by atoms with Crippen molar-refractivity contribution in [2.45, 2.75) is 6.29 Å². The molecule has 0 bridgehead atoms. The second-order valence-electron chi connectivity index (χ2n) is 3.60. The first kappa shape index (κ1) is 9.57. The zero-order valence-corrected chi connectivity index (χ0v) is 8.51. The molecule has 0 unspecified atom stereocenters. The maximum absolute atomic E-state index is 11.7. The Balaban J connectivity index is 2.17. The van der Waals surface area contributed by atoms with Gasteiger partial charge in [0.25, 0.3) is 0 Å². The number of hydrogen-bond donors (Lipinski definition) is 0. The van der Waals surface area contributed by atoms with E-state index in [2.05, 4.69) is 0 Å². The van der Waals surface area contributed by atoms with E-state index in [1.54, 1.807) is 12.1 Å². The van der Waals surface area contributed by atoms with E-state index in [0.717, 1.165) is 5.39 Å². The minimum atomic E-state index is -0.583. The molecule has 16 heavy (non-hydrogen) atoms. The van der Waals surface area contributed by atoms with Crippen LogP contribution >= 0.6 is 0 Å². The summed E-state index contributed by atoms with van der Waals surface area (Å²) in [6.07, 6.45) is -0.583. The van der Waals surface area contributed by atoms with Gasteiger partial charge in [0.2, 0.25) is 0 Å². The molecule has 4 nitrogen and oxygen atoms in total. The number of fused-ring (bicyclic) bond motifs is 1. The number of benzene rings is 1. The molecular formula is C12H10O4. The van der Waals surface area contributed by atoms with Gasteiger partial charge < -0.3 is 13.9 Å². The van der Waals surface area contributed by atoms with Gasteiger partial charge in [0.05, 0.1) is 18.8 Å². The van der Waals surface area contributed by atoms with Crippen molar-refractivity contribution in [2.24, 2.45) is 0 Å². The average molecular weight is 218 g/mol. The average Bonchev–Trinajstić information content (AvgIpc) is 2.81. The third-order valence-corrected chi connectivity index (χ3v) is 2.54. The maximum atomic E-state index is 11.7. The van der Waals surface area contributed by atoms with Gasteiger partial charge in [-0.15, -0.1) is 0 Å². The van der Waals surface area contributed by atoms with E-state index in [-0.39, 0.29) is 0 Å². The van der Waals surface area contributed by atoms with E-state index >= 15 is 0 Å². The minimum absolute atomic E-state index is 0.398. The lowest BCUT2D eigenvalue weighted by atomic mass is 10.2. The van der Waals surface area contributed by atoms with Gasteiger partial charge in [0, 0.05) is 5.39 Å². The first-order chi connectivity index (χ1) is 7.84. The van der Waals surface area contributed by atoms with Crippen LogP contribution in [0.1, 0.15) is 11.9 Å². The fourth-order valence-electron chi connectivity index (χ4n) is 1.78. The summed E-state index contributed by atoms with van der Waals surface area (Å²) in [6, 6.07) is 9.13. The molecule has 1 aromatic carbocycles. The molecule has 1 aliphatic rings. The van der Waals surface area contributed by atoms with Crippen LogP contribution in [-0.4, -0.2) is 13.2 Å².